The molecule has 0 aliphatic heterocycles. The minimum absolute atomic E-state index is 0.552. The van der Waals surface area contributed by atoms with Crippen LogP contribution in [0.25, 0.3) is 0 Å². The number of aryl methyl sites for hydroxylation is 1. The van der Waals surface area contributed by atoms with Crippen molar-refractivity contribution in [3.05, 3.63) is 94.0 Å². The molecule has 3 aromatic carbocycles. The maximum Gasteiger partial charge on any atom is 0.134 e. The van der Waals surface area contributed by atoms with Gasteiger partial charge in [0.2, 0.25) is 0 Å². The zero-order chi connectivity index (χ0) is 16.8. The molecule has 0 aromatic heterocycles. The van der Waals surface area contributed by atoms with Gasteiger partial charge in [-0.3, -0.25) is 4.99 Å². The van der Waals surface area contributed by atoms with Crippen LogP contribution in [0, 0.1) is 6.92 Å². The van der Waals surface area contributed by atoms with E-state index in [2.05, 4.69) is 52.1 Å². The first-order valence-electron chi connectivity index (χ1n) is 7.78. The normalized spacial score (nSPS) is 10.9. The molecule has 0 spiro atoms. The molecule has 0 N–H and O–H groups in total. The summed E-state index contributed by atoms with van der Waals surface area (Å²) in [6.07, 6.45) is 1.85. The fraction of sp³-hybridized carbons (Fsp3) is 0.0952. The maximum absolute atomic E-state index is 5.89. The molecule has 0 unspecified atom stereocenters. The fourth-order valence-electron chi connectivity index (χ4n) is 2.22. The third kappa shape index (κ3) is 4.56. The molecule has 3 heteroatoms. The maximum atomic E-state index is 5.89. The van der Waals surface area contributed by atoms with E-state index in [0.29, 0.717) is 6.61 Å². The smallest absolute Gasteiger partial charge is 0.134 e. The lowest BCUT2D eigenvalue weighted by Crippen LogP contribution is -1.96. The molecule has 120 valence electrons. The van der Waals surface area contributed by atoms with Gasteiger partial charge in [0.1, 0.15) is 12.4 Å². The molecular weight excluding hydrogens is 362 g/mol. The topological polar surface area (TPSA) is 21.6 Å². The quantitative estimate of drug-likeness (QED) is 0.491. The summed E-state index contributed by atoms with van der Waals surface area (Å²) in [7, 11) is 0. The number of nitrogens with zero attached hydrogens (tertiary/aromatic N) is 1. The number of aliphatic imine (C=N–C) groups is 1. The van der Waals surface area contributed by atoms with Crippen LogP contribution in [-0.2, 0) is 6.61 Å². The van der Waals surface area contributed by atoms with Crippen molar-refractivity contribution in [1.82, 2.24) is 0 Å². The molecule has 0 aliphatic rings. The minimum atomic E-state index is 0.552. The van der Waals surface area contributed by atoms with Crippen molar-refractivity contribution < 1.29 is 4.74 Å². The Morgan fingerprint density at radius 2 is 1.71 bits per heavy atom. The largest absolute Gasteiger partial charge is 0.488 e. The molecule has 0 radical (unpaired) electrons. The lowest BCUT2D eigenvalue weighted by atomic mass is 10.2. The zero-order valence-electron chi connectivity index (χ0n) is 13.4. The summed E-state index contributed by atoms with van der Waals surface area (Å²) in [6, 6.07) is 24.2. The Bertz CT molecular complexity index is 826. The van der Waals surface area contributed by atoms with E-state index in [1.807, 2.05) is 54.7 Å². The average molecular weight is 380 g/mol. The van der Waals surface area contributed by atoms with Gasteiger partial charge in [0.25, 0.3) is 0 Å². The lowest BCUT2D eigenvalue weighted by molar-refractivity contribution is 0.304. The van der Waals surface area contributed by atoms with Crippen LogP contribution in [0.5, 0.6) is 5.75 Å². The summed E-state index contributed by atoms with van der Waals surface area (Å²) in [5.41, 5.74) is 4.37. The molecule has 24 heavy (non-hydrogen) atoms. The van der Waals surface area contributed by atoms with Crippen molar-refractivity contribution in [1.29, 1.82) is 0 Å². The van der Waals surface area contributed by atoms with Crippen LogP contribution in [0.3, 0.4) is 0 Å². The van der Waals surface area contributed by atoms with Crippen LogP contribution < -0.4 is 4.74 Å². The predicted molar refractivity (Wildman–Crippen MR) is 103 cm³/mol. The van der Waals surface area contributed by atoms with Gasteiger partial charge in [0, 0.05) is 6.21 Å². The number of hydrogen-bond acceptors (Lipinski definition) is 2. The highest BCUT2D eigenvalue weighted by Gasteiger charge is 2.03. The van der Waals surface area contributed by atoms with Gasteiger partial charge in [-0.05, 0) is 64.3 Å². The monoisotopic (exact) mass is 379 g/mol. The van der Waals surface area contributed by atoms with Gasteiger partial charge in [-0.15, -0.1) is 0 Å². The average Bonchev–Trinajstić information content (AvgIpc) is 2.61. The number of ether oxygens (including phenoxy) is 1. The Morgan fingerprint density at radius 1 is 0.958 bits per heavy atom. The number of rotatable bonds is 5. The second-order valence-corrected chi connectivity index (χ2v) is 6.41. The zero-order valence-corrected chi connectivity index (χ0v) is 15.0. The molecule has 3 aromatic rings. The van der Waals surface area contributed by atoms with Gasteiger partial charge in [0.05, 0.1) is 10.2 Å². The SMILES string of the molecule is Cc1ccc(COc2ccc(C=Nc3ccccc3)cc2Br)cc1. The van der Waals surface area contributed by atoms with Crippen molar-refractivity contribution in [3.8, 4) is 5.75 Å². The van der Waals surface area contributed by atoms with E-state index in [0.717, 1.165) is 27.0 Å². The van der Waals surface area contributed by atoms with E-state index < -0.39 is 0 Å². The van der Waals surface area contributed by atoms with Crippen LogP contribution in [-0.4, -0.2) is 6.21 Å². The second kappa shape index (κ2) is 7.93. The summed E-state index contributed by atoms with van der Waals surface area (Å²) in [5.74, 6) is 0.826. The van der Waals surface area contributed by atoms with Gasteiger partial charge >= 0.3 is 0 Å². The van der Waals surface area contributed by atoms with Gasteiger partial charge in [-0.2, -0.15) is 0 Å². The highest BCUT2D eigenvalue weighted by atomic mass is 79.9. The Balaban J connectivity index is 1.66. The van der Waals surface area contributed by atoms with Crippen LogP contribution >= 0.6 is 15.9 Å². The standard InChI is InChI=1S/C21H18BrNO/c1-16-7-9-17(10-8-16)15-24-21-12-11-18(13-20(21)22)14-23-19-5-3-2-4-6-19/h2-14H,15H2,1H3. The Kier molecular flexibility index (Phi) is 5.44. The third-order valence-corrected chi connectivity index (χ3v) is 4.21. The first-order chi connectivity index (χ1) is 11.7. The van der Waals surface area contributed by atoms with Crippen LogP contribution in [0.1, 0.15) is 16.7 Å². The molecule has 0 amide bonds. The molecule has 0 saturated carbocycles. The Labute approximate surface area is 151 Å². The lowest BCUT2D eigenvalue weighted by Gasteiger charge is -2.09. The molecular formula is C21H18BrNO. The van der Waals surface area contributed by atoms with Crippen LogP contribution in [0.4, 0.5) is 5.69 Å². The first-order valence-corrected chi connectivity index (χ1v) is 8.57. The molecule has 0 bridgehead atoms. The first kappa shape index (κ1) is 16.5. The van der Waals surface area contributed by atoms with Crippen LogP contribution in [0.2, 0.25) is 0 Å². The highest BCUT2D eigenvalue weighted by Crippen LogP contribution is 2.26. The molecule has 3 rings (SSSR count). The van der Waals surface area contributed by atoms with Crippen molar-refractivity contribution in [2.75, 3.05) is 0 Å². The molecule has 0 fully saturated rings. The number of hydrogen-bond donors (Lipinski definition) is 0. The van der Waals surface area contributed by atoms with Crippen molar-refractivity contribution in [2.24, 2.45) is 4.99 Å². The second-order valence-electron chi connectivity index (χ2n) is 5.56. The van der Waals surface area contributed by atoms with E-state index in [4.69, 9.17) is 4.74 Å². The van der Waals surface area contributed by atoms with Gasteiger partial charge in [-0.25, -0.2) is 0 Å². The summed E-state index contributed by atoms with van der Waals surface area (Å²) in [5, 5.41) is 0. The number of benzene rings is 3. The number of para-hydroxylation sites is 1. The van der Waals surface area contributed by atoms with E-state index in [1.165, 1.54) is 5.56 Å². The van der Waals surface area contributed by atoms with Crippen molar-refractivity contribution in [2.45, 2.75) is 13.5 Å². The third-order valence-electron chi connectivity index (χ3n) is 3.59. The van der Waals surface area contributed by atoms with Gasteiger partial charge < -0.3 is 4.74 Å². The molecule has 0 atom stereocenters. The van der Waals surface area contributed by atoms with E-state index in [1.54, 1.807) is 0 Å². The summed E-state index contributed by atoms with van der Waals surface area (Å²) >= 11 is 3.57. The Hall–Kier alpha value is -2.39. The minimum Gasteiger partial charge on any atom is -0.488 e. The summed E-state index contributed by atoms with van der Waals surface area (Å²) in [4.78, 5) is 4.46. The summed E-state index contributed by atoms with van der Waals surface area (Å²) < 4.78 is 6.81. The fourth-order valence-corrected chi connectivity index (χ4v) is 2.73. The predicted octanol–water partition coefficient (Wildman–Crippen LogP) is 6.09. The van der Waals surface area contributed by atoms with Crippen molar-refractivity contribution >= 4 is 27.8 Å². The molecule has 0 heterocycles. The Morgan fingerprint density at radius 3 is 2.42 bits per heavy atom. The number of halogens is 1. The van der Waals surface area contributed by atoms with Gasteiger partial charge in [-0.1, -0.05) is 48.0 Å². The van der Waals surface area contributed by atoms with Crippen molar-refractivity contribution in [3.63, 3.8) is 0 Å². The highest BCUT2D eigenvalue weighted by molar-refractivity contribution is 9.10. The van der Waals surface area contributed by atoms with E-state index in [-0.39, 0.29) is 0 Å². The van der Waals surface area contributed by atoms with E-state index in [9.17, 15) is 0 Å². The molecule has 2 nitrogen and oxygen atoms in total. The van der Waals surface area contributed by atoms with Gasteiger partial charge in [0.15, 0.2) is 0 Å². The molecule has 0 aliphatic carbocycles. The molecule has 0 saturated heterocycles. The van der Waals surface area contributed by atoms with E-state index >= 15 is 0 Å². The summed E-state index contributed by atoms with van der Waals surface area (Å²) in [6.45, 7) is 2.63. The van der Waals surface area contributed by atoms with Crippen LogP contribution in [0.15, 0.2) is 82.3 Å².